The van der Waals surface area contributed by atoms with Crippen molar-refractivity contribution in [3.05, 3.63) is 0 Å². The van der Waals surface area contributed by atoms with E-state index in [0.717, 1.165) is 6.42 Å². The zero-order valence-corrected chi connectivity index (χ0v) is 6.99. The topological polar surface area (TPSA) is 66.6 Å². The van der Waals surface area contributed by atoms with E-state index in [4.69, 9.17) is 10.8 Å². The van der Waals surface area contributed by atoms with Gasteiger partial charge in [0.2, 0.25) is 0 Å². The van der Waals surface area contributed by atoms with Crippen LogP contribution in [0.3, 0.4) is 0 Å². The molecule has 1 aliphatic heterocycles. The van der Waals surface area contributed by atoms with Crippen molar-refractivity contribution in [1.29, 1.82) is 0 Å². The van der Waals surface area contributed by atoms with Crippen molar-refractivity contribution >= 4 is 6.09 Å². The van der Waals surface area contributed by atoms with Gasteiger partial charge in [0, 0.05) is 19.1 Å². The van der Waals surface area contributed by atoms with Gasteiger partial charge in [0.05, 0.1) is 0 Å². The van der Waals surface area contributed by atoms with E-state index >= 15 is 0 Å². The van der Waals surface area contributed by atoms with Gasteiger partial charge in [-0.15, -0.1) is 0 Å². The summed E-state index contributed by atoms with van der Waals surface area (Å²) in [5.41, 5.74) is 5.84. The highest BCUT2D eigenvalue weighted by Crippen LogP contribution is 2.54. The fraction of sp³-hybridized carbons (Fsp3) is 0.875. The molecule has 0 aromatic heterocycles. The van der Waals surface area contributed by atoms with E-state index in [-0.39, 0.29) is 6.04 Å². The SMILES string of the molecule is NC[C@@H]1CC2(CC2)CN1C(=O)O. The van der Waals surface area contributed by atoms with E-state index in [0.29, 0.717) is 18.5 Å². The molecule has 0 bridgehead atoms. The molecule has 1 aliphatic carbocycles. The van der Waals surface area contributed by atoms with Gasteiger partial charge in [-0.25, -0.2) is 4.79 Å². The van der Waals surface area contributed by atoms with Gasteiger partial charge in [0.25, 0.3) is 0 Å². The second kappa shape index (κ2) is 2.36. The van der Waals surface area contributed by atoms with Gasteiger partial charge in [0.15, 0.2) is 0 Å². The molecule has 1 atom stereocenters. The minimum atomic E-state index is -0.811. The number of carbonyl (C=O) groups is 1. The average Bonchev–Trinajstić information content (AvgIpc) is 2.62. The molecule has 0 aromatic rings. The molecule has 12 heavy (non-hydrogen) atoms. The number of carboxylic acid groups (broad SMARTS) is 1. The first-order valence-electron chi connectivity index (χ1n) is 4.36. The Morgan fingerprint density at radius 2 is 2.33 bits per heavy atom. The maximum Gasteiger partial charge on any atom is 0.407 e. The lowest BCUT2D eigenvalue weighted by Gasteiger charge is -2.18. The Balaban J connectivity index is 2.07. The van der Waals surface area contributed by atoms with Crippen molar-refractivity contribution in [2.75, 3.05) is 13.1 Å². The molecule has 4 heteroatoms. The Labute approximate surface area is 71.3 Å². The second-order valence-corrected chi connectivity index (χ2v) is 4.00. The molecule has 1 heterocycles. The summed E-state index contributed by atoms with van der Waals surface area (Å²) < 4.78 is 0. The Bertz CT molecular complexity index is 213. The highest BCUT2D eigenvalue weighted by atomic mass is 16.4. The van der Waals surface area contributed by atoms with Crippen LogP contribution in [-0.4, -0.2) is 35.2 Å². The van der Waals surface area contributed by atoms with Crippen molar-refractivity contribution in [3.8, 4) is 0 Å². The Morgan fingerprint density at radius 1 is 1.67 bits per heavy atom. The minimum absolute atomic E-state index is 0.0741. The van der Waals surface area contributed by atoms with Crippen LogP contribution in [0.2, 0.25) is 0 Å². The zero-order valence-electron chi connectivity index (χ0n) is 6.99. The highest BCUT2D eigenvalue weighted by molar-refractivity contribution is 5.66. The molecular formula is C8H14N2O2. The van der Waals surface area contributed by atoms with Gasteiger partial charge in [0.1, 0.15) is 0 Å². The molecular weight excluding hydrogens is 156 g/mol. The van der Waals surface area contributed by atoms with Crippen LogP contribution in [0.15, 0.2) is 0 Å². The number of nitrogens with zero attached hydrogens (tertiary/aromatic N) is 1. The normalized spacial score (nSPS) is 31.1. The fourth-order valence-electron chi connectivity index (χ4n) is 2.14. The van der Waals surface area contributed by atoms with Crippen LogP contribution in [0, 0.1) is 5.41 Å². The molecule has 2 aliphatic rings. The first-order chi connectivity index (χ1) is 5.67. The molecule has 2 fully saturated rings. The summed E-state index contributed by atoms with van der Waals surface area (Å²) in [7, 11) is 0. The van der Waals surface area contributed by atoms with Crippen LogP contribution in [0.25, 0.3) is 0 Å². The van der Waals surface area contributed by atoms with E-state index < -0.39 is 6.09 Å². The van der Waals surface area contributed by atoms with Gasteiger partial charge in [-0.2, -0.15) is 0 Å². The van der Waals surface area contributed by atoms with E-state index in [1.807, 2.05) is 0 Å². The molecule has 4 nitrogen and oxygen atoms in total. The van der Waals surface area contributed by atoms with E-state index in [1.54, 1.807) is 0 Å². The summed E-state index contributed by atoms with van der Waals surface area (Å²) in [4.78, 5) is 12.3. The monoisotopic (exact) mass is 170 g/mol. The van der Waals surface area contributed by atoms with Crippen LogP contribution in [-0.2, 0) is 0 Å². The number of nitrogens with two attached hydrogens (primary N) is 1. The Kier molecular flexibility index (Phi) is 1.54. The summed E-state index contributed by atoms with van der Waals surface area (Å²) in [5, 5.41) is 8.85. The highest BCUT2D eigenvalue weighted by Gasteiger charge is 2.52. The van der Waals surface area contributed by atoms with Crippen LogP contribution < -0.4 is 5.73 Å². The molecule has 1 saturated heterocycles. The summed E-state index contributed by atoms with van der Waals surface area (Å²) >= 11 is 0. The Morgan fingerprint density at radius 3 is 2.67 bits per heavy atom. The van der Waals surface area contributed by atoms with Crippen molar-refractivity contribution in [1.82, 2.24) is 4.90 Å². The van der Waals surface area contributed by atoms with Gasteiger partial charge in [-0.05, 0) is 24.7 Å². The van der Waals surface area contributed by atoms with Crippen LogP contribution >= 0.6 is 0 Å². The molecule has 0 radical (unpaired) electrons. The molecule has 3 N–H and O–H groups in total. The summed E-state index contributed by atoms with van der Waals surface area (Å²) in [5.74, 6) is 0. The van der Waals surface area contributed by atoms with E-state index in [9.17, 15) is 4.79 Å². The third-order valence-corrected chi connectivity index (χ3v) is 3.09. The van der Waals surface area contributed by atoms with Crippen molar-refractivity contribution in [3.63, 3.8) is 0 Å². The number of likely N-dealkylation sites (tertiary alicyclic amines) is 1. The van der Waals surface area contributed by atoms with Gasteiger partial charge in [-0.1, -0.05) is 0 Å². The average molecular weight is 170 g/mol. The molecule has 1 spiro atoms. The minimum Gasteiger partial charge on any atom is -0.465 e. The standard InChI is InChI=1S/C8H14N2O2/c9-4-6-3-8(1-2-8)5-10(6)7(11)12/h6H,1-5,9H2,(H,11,12)/t6-/m0/s1. The maximum atomic E-state index is 10.8. The number of hydrogen-bond acceptors (Lipinski definition) is 2. The van der Waals surface area contributed by atoms with E-state index in [1.165, 1.54) is 17.7 Å². The molecule has 1 saturated carbocycles. The molecule has 1 amide bonds. The molecule has 0 unspecified atom stereocenters. The first kappa shape index (κ1) is 7.86. The summed E-state index contributed by atoms with van der Waals surface area (Å²) in [6.07, 6.45) is 2.55. The largest absolute Gasteiger partial charge is 0.465 e. The van der Waals surface area contributed by atoms with Gasteiger partial charge >= 0.3 is 6.09 Å². The molecule has 0 aromatic carbocycles. The van der Waals surface area contributed by atoms with Crippen molar-refractivity contribution in [2.24, 2.45) is 11.1 Å². The quantitative estimate of drug-likeness (QED) is 0.601. The lowest BCUT2D eigenvalue weighted by molar-refractivity contribution is 0.140. The van der Waals surface area contributed by atoms with Gasteiger partial charge < -0.3 is 15.7 Å². The lowest BCUT2D eigenvalue weighted by Crippen LogP contribution is -2.39. The van der Waals surface area contributed by atoms with Gasteiger partial charge in [-0.3, -0.25) is 0 Å². The second-order valence-electron chi connectivity index (χ2n) is 4.00. The van der Waals surface area contributed by atoms with Crippen LogP contribution in [0.1, 0.15) is 19.3 Å². The van der Waals surface area contributed by atoms with Crippen LogP contribution in [0.5, 0.6) is 0 Å². The number of amides is 1. The van der Waals surface area contributed by atoms with E-state index in [2.05, 4.69) is 0 Å². The smallest absolute Gasteiger partial charge is 0.407 e. The number of hydrogen-bond donors (Lipinski definition) is 2. The molecule has 2 rings (SSSR count). The predicted molar refractivity (Wildman–Crippen MR) is 43.9 cm³/mol. The summed E-state index contributed by atoms with van der Waals surface area (Å²) in [6, 6.07) is 0.0741. The third kappa shape index (κ3) is 1.06. The van der Waals surface area contributed by atoms with Crippen molar-refractivity contribution < 1.29 is 9.90 Å². The third-order valence-electron chi connectivity index (χ3n) is 3.09. The molecule has 68 valence electrons. The van der Waals surface area contributed by atoms with Crippen LogP contribution in [0.4, 0.5) is 4.79 Å². The van der Waals surface area contributed by atoms with Crippen molar-refractivity contribution in [2.45, 2.75) is 25.3 Å². The summed E-state index contributed by atoms with van der Waals surface area (Å²) in [6.45, 7) is 1.18. The zero-order chi connectivity index (χ0) is 8.77. The number of rotatable bonds is 1. The fourth-order valence-corrected chi connectivity index (χ4v) is 2.14. The lowest BCUT2D eigenvalue weighted by atomic mass is 10.0. The maximum absolute atomic E-state index is 10.8. The Hall–Kier alpha value is -0.770. The first-order valence-corrected chi connectivity index (χ1v) is 4.36. The predicted octanol–water partition coefficient (Wildman–Crippen LogP) is 0.478.